The molecule has 1 fully saturated rings. The molecule has 2 unspecified atom stereocenters. The molecule has 8 nitrogen and oxygen atoms in total. The van der Waals surface area contributed by atoms with Gasteiger partial charge in [-0.3, -0.25) is 10.4 Å². The third kappa shape index (κ3) is 3.24. The van der Waals surface area contributed by atoms with Crippen LogP contribution in [0, 0.1) is 11.2 Å². The lowest BCUT2D eigenvalue weighted by atomic mass is 9.91. The van der Waals surface area contributed by atoms with Crippen LogP contribution >= 0.6 is 0 Å². The number of pyridine rings is 2. The number of aromatic nitrogens is 4. The van der Waals surface area contributed by atoms with Crippen molar-refractivity contribution in [2.75, 3.05) is 0 Å². The van der Waals surface area contributed by atoms with Crippen molar-refractivity contribution < 1.29 is 4.39 Å². The number of imidazole rings is 1. The summed E-state index contributed by atoms with van der Waals surface area (Å²) in [5, 5.41) is 7.11. The standard InChI is InChI=1S/C19H21FN8/c20-13-5-2-6-24-17(13)19-27-15-9-25-14(18(23)26-10-21)8-16(15)28(19)12-4-1-3-11(22)7-12/h2,5-6,8-12H,1,3-4,7,22H2,(H3,21,23,26). The van der Waals surface area contributed by atoms with E-state index in [4.69, 9.17) is 16.9 Å². The molecule has 1 aliphatic carbocycles. The molecule has 0 bridgehead atoms. The third-order valence-electron chi connectivity index (χ3n) is 5.06. The van der Waals surface area contributed by atoms with Crippen molar-refractivity contribution in [1.29, 1.82) is 5.41 Å². The van der Waals surface area contributed by atoms with Crippen LogP contribution in [0.1, 0.15) is 37.4 Å². The molecule has 2 atom stereocenters. The third-order valence-corrected chi connectivity index (χ3v) is 5.06. The number of hydrogen-bond acceptors (Lipinski definition) is 5. The molecule has 0 amide bonds. The van der Waals surface area contributed by atoms with E-state index in [2.05, 4.69) is 19.9 Å². The van der Waals surface area contributed by atoms with E-state index < -0.39 is 5.82 Å². The van der Waals surface area contributed by atoms with E-state index in [-0.39, 0.29) is 23.6 Å². The van der Waals surface area contributed by atoms with E-state index in [1.807, 2.05) is 4.57 Å². The summed E-state index contributed by atoms with van der Waals surface area (Å²) in [6.45, 7) is 0. The van der Waals surface area contributed by atoms with Gasteiger partial charge in [-0.05, 0) is 43.9 Å². The summed E-state index contributed by atoms with van der Waals surface area (Å²) in [5.74, 6) is 0.154. The molecule has 9 heteroatoms. The fourth-order valence-corrected chi connectivity index (χ4v) is 3.80. The molecule has 0 saturated heterocycles. The van der Waals surface area contributed by atoms with Gasteiger partial charge in [-0.1, -0.05) is 0 Å². The first kappa shape index (κ1) is 18.2. The summed E-state index contributed by atoms with van der Waals surface area (Å²) < 4.78 is 16.5. The highest BCUT2D eigenvalue weighted by molar-refractivity contribution is 6.01. The van der Waals surface area contributed by atoms with Gasteiger partial charge in [-0.2, -0.15) is 0 Å². The first-order valence-electron chi connectivity index (χ1n) is 9.15. The number of nitrogens with zero attached hydrogens (tertiary/aromatic N) is 5. The maximum atomic E-state index is 14.5. The second kappa shape index (κ2) is 7.43. The molecule has 3 heterocycles. The van der Waals surface area contributed by atoms with Gasteiger partial charge in [0.25, 0.3) is 0 Å². The van der Waals surface area contributed by atoms with Crippen LogP contribution in [0.25, 0.3) is 22.6 Å². The summed E-state index contributed by atoms with van der Waals surface area (Å²) >= 11 is 0. The molecule has 0 spiro atoms. The van der Waals surface area contributed by atoms with Crippen LogP contribution in [0.2, 0.25) is 0 Å². The fourth-order valence-electron chi connectivity index (χ4n) is 3.80. The monoisotopic (exact) mass is 380 g/mol. The largest absolute Gasteiger partial charge is 0.382 e. The summed E-state index contributed by atoms with van der Waals surface area (Å²) in [5.41, 5.74) is 14.1. The molecule has 1 aliphatic rings. The number of hydrogen-bond donors (Lipinski definition) is 3. The highest BCUT2D eigenvalue weighted by Gasteiger charge is 2.27. The minimum absolute atomic E-state index is 0.0707. The van der Waals surface area contributed by atoms with Crippen molar-refractivity contribution in [1.82, 2.24) is 19.5 Å². The number of rotatable bonds is 4. The Bertz CT molecular complexity index is 1060. The molecule has 3 aromatic heterocycles. The predicted octanol–water partition coefficient (Wildman–Crippen LogP) is 2.39. The van der Waals surface area contributed by atoms with Crippen LogP contribution in [0.5, 0.6) is 0 Å². The highest BCUT2D eigenvalue weighted by atomic mass is 19.1. The van der Waals surface area contributed by atoms with Crippen LogP contribution in [0.15, 0.2) is 35.6 Å². The molecule has 0 radical (unpaired) electrons. The molecular formula is C19H21FN8. The topological polar surface area (TPSA) is 132 Å². The van der Waals surface area contributed by atoms with Crippen LogP contribution in [0.3, 0.4) is 0 Å². The van der Waals surface area contributed by atoms with Gasteiger partial charge in [0.1, 0.15) is 23.2 Å². The van der Waals surface area contributed by atoms with Crippen LogP contribution in [0.4, 0.5) is 4.39 Å². The van der Waals surface area contributed by atoms with Crippen LogP contribution in [-0.2, 0) is 0 Å². The zero-order valence-electron chi connectivity index (χ0n) is 15.2. The molecular weight excluding hydrogens is 359 g/mol. The zero-order chi connectivity index (χ0) is 19.7. The Morgan fingerprint density at radius 1 is 1.36 bits per heavy atom. The molecule has 3 aromatic rings. The SMILES string of the molecule is N=CN=C(N)c1cc2c(cn1)nc(-c1ncccc1F)n2C1CCCC(N)C1. The van der Waals surface area contributed by atoms with Crippen molar-refractivity contribution in [2.45, 2.75) is 37.8 Å². The van der Waals surface area contributed by atoms with E-state index in [1.165, 1.54) is 6.07 Å². The van der Waals surface area contributed by atoms with Gasteiger partial charge >= 0.3 is 0 Å². The van der Waals surface area contributed by atoms with Crippen LogP contribution < -0.4 is 11.5 Å². The Hall–Kier alpha value is -3.20. The Morgan fingerprint density at radius 2 is 2.21 bits per heavy atom. The summed E-state index contributed by atoms with van der Waals surface area (Å²) in [6, 6.07) is 4.85. The average Bonchev–Trinajstić information content (AvgIpc) is 3.07. The number of nitrogens with two attached hydrogens (primary N) is 2. The Morgan fingerprint density at radius 3 is 2.96 bits per heavy atom. The summed E-state index contributed by atoms with van der Waals surface area (Å²) in [7, 11) is 0. The predicted molar refractivity (Wildman–Crippen MR) is 106 cm³/mol. The number of aliphatic imine (C=N–C) groups is 1. The smallest absolute Gasteiger partial charge is 0.163 e. The fraction of sp³-hybridized carbons (Fsp3) is 0.316. The molecule has 0 aliphatic heterocycles. The minimum atomic E-state index is -0.433. The van der Waals surface area contributed by atoms with Crippen LogP contribution in [-0.4, -0.2) is 37.7 Å². The number of amidine groups is 1. The van der Waals surface area contributed by atoms with Gasteiger partial charge in [-0.25, -0.2) is 19.4 Å². The first-order chi connectivity index (χ1) is 13.6. The van der Waals surface area contributed by atoms with E-state index in [1.54, 1.807) is 24.5 Å². The van der Waals surface area contributed by atoms with Crippen molar-refractivity contribution >= 4 is 23.2 Å². The van der Waals surface area contributed by atoms with Crippen molar-refractivity contribution in [2.24, 2.45) is 16.5 Å². The quantitative estimate of drug-likeness (QED) is 0.472. The molecule has 5 N–H and O–H groups in total. The lowest BCUT2D eigenvalue weighted by molar-refractivity contribution is 0.327. The van der Waals surface area contributed by atoms with E-state index >= 15 is 0 Å². The molecule has 28 heavy (non-hydrogen) atoms. The normalized spacial score (nSPS) is 20.4. The van der Waals surface area contributed by atoms with E-state index in [0.29, 0.717) is 17.0 Å². The minimum Gasteiger partial charge on any atom is -0.382 e. The van der Waals surface area contributed by atoms with Gasteiger partial charge in [0, 0.05) is 18.3 Å². The Balaban J connectivity index is 1.95. The van der Waals surface area contributed by atoms with Crippen molar-refractivity contribution in [3.8, 4) is 11.5 Å². The molecule has 4 rings (SSSR count). The molecule has 0 aromatic carbocycles. The maximum absolute atomic E-state index is 14.5. The van der Waals surface area contributed by atoms with Gasteiger partial charge < -0.3 is 16.0 Å². The zero-order valence-corrected chi connectivity index (χ0v) is 15.2. The number of fused-ring (bicyclic) bond motifs is 1. The van der Waals surface area contributed by atoms with E-state index in [0.717, 1.165) is 37.5 Å². The maximum Gasteiger partial charge on any atom is 0.163 e. The van der Waals surface area contributed by atoms with Gasteiger partial charge in [0.15, 0.2) is 17.5 Å². The highest BCUT2D eigenvalue weighted by Crippen LogP contribution is 2.35. The van der Waals surface area contributed by atoms with Crippen molar-refractivity contribution in [3.05, 3.63) is 42.1 Å². The number of nitrogens with one attached hydrogen (secondary N) is 1. The lowest BCUT2D eigenvalue weighted by Gasteiger charge is -2.29. The summed E-state index contributed by atoms with van der Waals surface area (Å²) in [4.78, 5) is 16.9. The number of halogens is 1. The Kier molecular flexibility index (Phi) is 4.82. The van der Waals surface area contributed by atoms with E-state index in [9.17, 15) is 4.39 Å². The lowest BCUT2D eigenvalue weighted by Crippen LogP contribution is -2.29. The Labute approximate surface area is 161 Å². The summed E-state index contributed by atoms with van der Waals surface area (Å²) in [6.07, 6.45) is 7.66. The van der Waals surface area contributed by atoms with Gasteiger partial charge in [0.05, 0.1) is 11.7 Å². The second-order valence-corrected chi connectivity index (χ2v) is 6.92. The first-order valence-corrected chi connectivity index (χ1v) is 9.15. The van der Waals surface area contributed by atoms with Crippen molar-refractivity contribution in [3.63, 3.8) is 0 Å². The van der Waals surface area contributed by atoms with Gasteiger partial charge in [-0.15, -0.1) is 0 Å². The second-order valence-electron chi connectivity index (χ2n) is 6.92. The molecule has 1 saturated carbocycles. The average molecular weight is 380 g/mol. The van der Waals surface area contributed by atoms with Gasteiger partial charge in [0.2, 0.25) is 0 Å². The molecule has 144 valence electrons.